The highest BCUT2D eigenvalue weighted by Crippen LogP contribution is 2.34. The maximum atomic E-state index is 12.1. The fourth-order valence-corrected chi connectivity index (χ4v) is 2.26. The van der Waals surface area contributed by atoms with E-state index in [2.05, 4.69) is 6.07 Å². The number of nitrogens with two attached hydrogens (primary N) is 1. The minimum Gasteiger partial charge on any atom is -0.481 e. The monoisotopic (exact) mass is 279 g/mol. The zero-order valence-corrected chi connectivity index (χ0v) is 11.2. The molecule has 0 radical (unpaired) electrons. The van der Waals surface area contributed by atoms with Gasteiger partial charge in [0.15, 0.2) is 6.61 Å². The van der Waals surface area contributed by atoms with E-state index in [0.717, 1.165) is 5.56 Å². The lowest BCUT2D eigenvalue weighted by Gasteiger charge is -2.29. The molecule has 2 aromatic rings. The van der Waals surface area contributed by atoms with Gasteiger partial charge in [0.2, 0.25) is 0 Å². The summed E-state index contributed by atoms with van der Waals surface area (Å²) in [6.07, 6.45) is 0. The van der Waals surface area contributed by atoms with Gasteiger partial charge in [-0.15, -0.1) is 0 Å². The first-order valence-corrected chi connectivity index (χ1v) is 6.49. The van der Waals surface area contributed by atoms with Crippen LogP contribution in [0.1, 0.15) is 11.1 Å². The van der Waals surface area contributed by atoms with Gasteiger partial charge in [0.05, 0.1) is 23.9 Å². The van der Waals surface area contributed by atoms with Crippen molar-refractivity contribution in [1.29, 1.82) is 5.26 Å². The fraction of sp³-hybridized carbons (Fsp3) is 0.125. The van der Waals surface area contributed by atoms with Crippen molar-refractivity contribution >= 4 is 17.3 Å². The summed E-state index contributed by atoms with van der Waals surface area (Å²) in [7, 11) is 0. The summed E-state index contributed by atoms with van der Waals surface area (Å²) >= 11 is 0. The van der Waals surface area contributed by atoms with Gasteiger partial charge >= 0.3 is 0 Å². The minimum atomic E-state index is -0.100. The molecule has 1 aliphatic heterocycles. The van der Waals surface area contributed by atoms with Crippen molar-refractivity contribution in [2.75, 3.05) is 17.2 Å². The molecule has 0 aromatic heterocycles. The van der Waals surface area contributed by atoms with Crippen molar-refractivity contribution < 1.29 is 9.53 Å². The van der Waals surface area contributed by atoms with E-state index in [1.54, 1.807) is 35.2 Å². The molecule has 0 fully saturated rings. The number of nitrogen functional groups attached to an aromatic ring is 1. The lowest BCUT2D eigenvalue weighted by molar-refractivity contribution is -0.121. The minimum absolute atomic E-state index is 0.00668. The van der Waals surface area contributed by atoms with Gasteiger partial charge in [-0.2, -0.15) is 5.26 Å². The summed E-state index contributed by atoms with van der Waals surface area (Å²) in [5.41, 5.74) is 8.59. The molecule has 0 unspecified atom stereocenters. The van der Waals surface area contributed by atoms with Crippen molar-refractivity contribution in [1.82, 2.24) is 0 Å². The number of carbonyl (C=O) groups excluding carboxylic acids is 1. The smallest absolute Gasteiger partial charge is 0.265 e. The van der Waals surface area contributed by atoms with Gasteiger partial charge in [-0.25, -0.2) is 0 Å². The van der Waals surface area contributed by atoms with Crippen molar-refractivity contribution in [3.8, 4) is 11.8 Å². The molecule has 0 aliphatic carbocycles. The number of benzene rings is 2. The predicted octanol–water partition coefficient (Wildman–Crippen LogP) is 2.07. The first-order valence-electron chi connectivity index (χ1n) is 6.49. The summed E-state index contributed by atoms with van der Waals surface area (Å²) in [4.78, 5) is 13.8. The molecule has 0 spiro atoms. The number of nitriles is 1. The molecular weight excluding hydrogens is 266 g/mol. The number of hydrogen-bond donors (Lipinski definition) is 1. The van der Waals surface area contributed by atoms with Gasteiger partial charge in [-0.1, -0.05) is 12.1 Å². The van der Waals surface area contributed by atoms with Crippen LogP contribution in [0.25, 0.3) is 0 Å². The average molecular weight is 279 g/mol. The summed E-state index contributed by atoms with van der Waals surface area (Å²) in [5.74, 6) is 0.514. The number of nitrogens with zero attached hydrogens (tertiary/aromatic N) is 2. The molecule has 0 bridgehead atoms. The van der Waals surface area contributed by atoms with Crippen LogP contribution in [0.3, 0.4) is 0 Å². The zero-order valence-electron chi connectivity index (χ0n) is 11.2. The van der Waals surface area contributed by atoms with Crippen LogP contribution in [0, 0.1) is 11.3 Å². The molecule has 0 atom stereocenters. The second-order valence-electron chi connectivity index (χ2n) is 4.80. The Hall–Kier alpha value is -3.00. The van der Waals surface area contributed by atoms with Crippen LogP contribution in [0.2, 0.25) is 0 Å². The van der Waals surface area contributed by atoms with Crippen molar-refractivity contribution in [2.24, 2.45) is 0 Å². The highest BCUT2D eigenvalue weighted by Gasteiger charge is 2.25. The van der Waals surface area contributed by atoms with Gasteiger partial charge in [-0.05, 0) is 29.8 Å². The quantitative estimate of drug-likeness (QED) is 0.853. The highest BCUT2D eigenvalue weighted by atomic mass is 16.5. The Kier molecular flexibility index (Phi) is 3.20. The van der Waals surface area contributed by atoms with Gasteiger partial charge in [0, 0.05) is 11.8 Å². The number of ether oxygens (including phenoxy) is 1. The van der Waals surface area contributed by atoms with E-state index in [1.807, 2.05) is 12.1 Å². The Morgan fingerprint density at radius 3 is 2.71 bits per heavy atom. The maximum absolute atomic E-state index is 12.1. The Labute approximate surface area is 122 Å². The topological polar surface area (TPSA) is 79.3 Å². The van der Waals surface area contributed by atoms with Crippen LogP contribution in [-0.4, -0.2) is 12.5 Å². The molecule has 5 heteroatoms. The normalized spacial score (nSPS) is 13.3. The molecule has 1 aliphatic rings. The third kappa shape index (κ3) is 2.51. The molecule has 3 rings (SSSR count). The van der Waals surface area contributed by atoms with E-state index in [4.69, 9.17) is 15.7 Å². The van der Waals surface area contributed by atoms with Crippen LogP contribution < -0.4 is 15.4 Å². The standard InChI is InChI=1S/C16H13N3O2/c17-8-11-1-3-12(4-2-11)9-19-14-6-5-13(18)7-15(14)21-10-16(19)20/h1-7H,9-10,18H2. The first-order chi connectivity index (χ1) is 10.2. The second kappa shape index (κ2) is 5.17. The van der Waals surface area contributed by atoms with Gasteiger partial charge < -0.3 is 15.4 Å². The van der Waals surface area contributed by atoms with Gasteiger partial charge in [0.1, 0.15) is 5.75 Å². The molecule has 1 heterocycles. The Balaban J connectivity index is 1.91. The zero-order chi connectivity index (χ0) is 14.8. The molecule has 21 heavy (non-hydrogen) atoms. The Morgan fingerprint density at radius 1 is 1.24 bits per heavy atom. The predicted molar refractivity (Wildman–Crippen MR) is 78.7 cm³/mol. The number of fused-ring (bicyclic) bond motifs is 1. The largest absolute Gasteiger partial charge is 0.481 e. The lowest BCUT2D eigenvalue weighted by Crippen LogP contribution is -2.38. The summed E-state index contributed by atoms with van der Waals surface area (Å²) in [6, 6.07) is 14.5. The third-order valence-corrected chi connectivity index (χ3v) is 3.35. The van der Waals surface area contributed by atoms with Crippen LogP contribution in [0.4, 0.5) is 11.4 Å². The van der Waals surface area contributed by atoms with Crippen molar-refractivity contribution in [3.63, 3.8) is 0 Å². The Bertz CT molecular complexity index is 732. The summed E-state index contributed by atoms with van der Waals surface area (Å²) in [5, 5.41) is 8.81. The summed E-state index contributed by atoms with van der Waals surface area (Å²) in [6.45, 7) is 0.442. The molecule has 2 N–H and O–H groups in total. The molecule has 1 amide bonds. The number of anilines is 2. The number of rotatable bonds is 2. The van der Waals surface area contributed by atoms with Crippen molar-refractivity contribution in [2.45, 2.75) is 6.54 Å². The van der Waals surface area contributed by atoms with Crippen LogP contribution in [0.5, 0.6) is 5.75 Å². The van der Waals surface area contributed by atoms with Gasteiger partial charge in [-0.3, -0.25) is 4.79 Å². The average Bonchev–Trinajstić information content (AvgIpc) is 2.51. The maximum Gasteiger partial charge on any atom is 0.265 e. The SMILES string of the molecule is N#Cc1ccc(CN2C(=O)COc3cc(N)ccc32)cc1. The lowest BCUT2D eigenvalue weighted by atomic mass is 10.1. The van der Waals surface area contributed by atoms with Crippen LogP contribution >= 0.6 is 0 Å². The van der Waals surface area contributed by atoms with Gasteiger partial charge in [0.25, 0.3) is 5.91 Å². The van der Waals surface area contributed by atoms with Crippen LogP contribution in [-0.2, 0) is 11.3 Å². The molecule has 104 valence electrons. The first kappa shape index (κ1) is 13.0. The molecule has 5 nitrogen and oxygen atoms in total. The molecule has 0 saturated carbocycles. The highest BCUT2D eigenvalue weighted by molar-refractivity contribution is 5.98. The van der Waals surface area contributed by atoms with E-state index in [0.29, 0.717) is 29.2 Å². The fourth-order valence-electron chi connectivity index (χ4n) is 2.26. The molecule has 0 saturated heterocycles. The second-order valence-corrected chi connectivity index (χ2v) is 4.80. The third-order valence-electron chi connectivity index (χ3n) is 3.35. The number of carbonyl (C=O) groups is 1. The van der Waals surface area contributed by atoms with Crippen molar-refractivity contribution in [3.05, 3.63) is 53.6 Å². The molecule has 2 aromatic carbocycles. The van der Waals surface area contributed by atoms with E-state index in [-0.39, 0.29) is 12.5 Å². The van der Waals surface area contributed by atoms with E-state index in [9.17, 15) is 4.79 Å². The van der Waals surface area contributed by atoms with E-state index < -0.39 is 0 Å². The summed E-state index contributed by atoms with van der Waals surface area (Å²) < 4.78 is 5.41. The number of hydrogen-bond acceptors (Lipinski definition) is 4. The molecular formula is C16H13N3O2. The Morgan fingerprint density at radius 2 is 2.00 bits per heavy atom. The van der Waals surface area contributed by atoms with E-state index >= 15 is 0 Å². The number of amides is 1. The van der Waals surface area contributed by atoms with Crippen LogP contribution in [0.15, 0.2) is 42.5 Å². The van der Waals surface area contributed by atoms with E-state index in [1.165, 1.54) is 0 Å².